The maximum Gasteiger partial charge on any atom is 0.152 e. The van der Waals surface area contributed by atoms with Crippen LogP contribution in [0.5, 0.6) is 0 Å². The van der Waals surface area contributed by atoms with E-state index in [1.165, 1.54) is 0 Å². The zero-order valence-electron chi connectivity index (χ0n) is 12.8. The first-order chi connectivity index (χ1) is 11.7. The fraction of sp³-hybridized carbons (Fsp3) is 0. The van der Waals surface area contributed by atoms with Crippen LogP contribution in [0.15, 0.2) is 66.0 Å². The van der Waals surface area contributed by atoms with Crippen molar-refractivity contribution in [2.24, 2.45) is 16.7 Å². The van der Waals surface area contributed by atoms with Gasteiger partial charge in [-0.1, -0.05) is 48.5 Å². The summed E-state index contributed by atoms with van der Waals surface area (Å²) in [6.07, 6.45) is 1.63. The minimum absolute atomic E-state index is 0.362. The fourth-order valence-corrected chi connectivity index (χ4v) is 2.34. The number of para-hydroxylation sites is 1. The van der Waals surface area contributed by atoms with Gasteiger partial charge < -0.3 is 22.3 Å². The molecule has 0 bridgehead atoms. The van der Waals surface area contributed by atoms with Crippen molar-refractivity contribution in [3.05, 3.63) is 66.5 Å². The molecule has 0 radical (unpaired) electrons. The Morgan fingerprint density at radius 3 is 2.46 bits per heavy atom. The van der Waals surface area contributed by atoms with Gasteiger partial charge in [0.2, 0.25) is 0 Å². The summed E-state index contributed by atoms with van der Waals surface area (Å²) >= 11 is 0. The highest BCUT2D eigenvalue weighted by atomic mass is 15.1. The summed E-state index contributed by atoms with van der Waals surface area (Å²) in [5.74, 6) is 5.80. The molecule has 2 aromatic heterocycles. The number of nitrogens with zero attached hydrogens (tertiary/aromatic N) is 3. The Labute approximate surface area is 138 Å². The quantitative estimate of drug-likeness (QED) is 0.184. The molecule has 0 atom stereocenters. The van der Waals surface area contributed by atoms with Gasteiger partial charge in [0.1, 0.15) is 11.4 Å². The summed E-state index contributed by atoms with van der Waals surface area (Å²) < 4.78 is 0. The van der Waals surface area contributed by atoms with E-state index in [-0.39, 0.29) is 0 Å². The van der Waals surface area contributed by atoms with E-state index in [9.17, 15) is 0 Å². The molecule has 0 spiro atoms. The van der Waals surface area contributed by atoms with E-state index in [1.54, 1.807) is 6.33 Å². The molecule has 0 saturated carbocycles. The van der Waals surface area contributed by atoms with Crippen LogP contribution in [0.3, 0.4) is 0 Å². The van der Waals surface area contributed by atoms with E-state index in [0.29, 0.717) is 11.7 Å². The van der Waals surface area contributed by atoms with Crippen LogP contribution in [0.1, 0.15) is 5.56 Å². The highest BCUT2D eigenvalue weighted by Gasteiger charge is 2.06. The monoisotopic (exact) mass is 319 g/mol. The van der Waals surface area contributed by atoms with E-state index >= 15 is 0 Å². The predicted molar refractivity (Wildman–Crippen MR) is 97.2 cm³/mol. The van der Waals surface area contributed by atoms with E-state index in [0.717, 1.165) is 27.5 Å². The molecule has 2 aromatic carbocycles. The van der Waals surface area contributed by atoms with Crippen molar-refractivity contribution in [1.82, 2.24) is 15.0 Å². The molecule has 7 nitrogen and oxygen atoms in total. The zero-order valence-corrected chi connectivity index (χ0v) is 12.8. The number of hydrogen-bond acceptors (Lipinski definition) is 5. The highest BCUT2D eigenvalue weighted by Crippen LogP contribution is 2.24. The largest absolute Gasteiger partial charge is 0.382 e. The van der Waals surface area contributed by atoms with Gasteiger partial charge in [0.05, 0.1) is 17.4 Å². The fourth-order valence-electron chi connectivity index (χ4n) is 2.34. The van der Waals surface area contributed by atoms with Gasteiger partial charge in [0.25, 0.3) is 0 Å². The van der Waals surface area contributed by atoms with Crippen LogP contribution in [-0.2, 0) is 0 Å². The van der Waals surface area contributed by atoms with Crippen molar-refractivity contribution in [3.63, 3.8) is 0 Å². The molecular formula is C17H17N7. The number of H-pyrrole nitrogens is 1. The molecular weight excluding hydrogens is 302 g/mol. The van der Waals surface area contributed by atoms with Crippen LogP contribution in [0.25, 0.3) is 21.9 Å². The van der Waals surface area contributed by atoms with Gasteiger partial charge in [-0.2, -0.15) is 5.10 Å². The molecule has 4 rings (SSSR count). The van der Waals surface area contributed by atoms with Crippen molar-refractivity contribution < 1.29 is 0 Å². The molecule has 4 aromatic rings. The van der Waals surface area contributed by atoms with Crippen LogP contribution < -0.4 is 17.3 Å². The van der Waals surface area contributed by atoms with Gasteiger partial charge in [-0.05, 0) is 6.07 Å². The lowest BCUT2D eigenvalue weighted by Crippen LogP contribution is -2.14. The van der Waals surface area contributed by atoms with Crippen molar-refractivity contribution in [2.45, 2.75) is 0 Å². The third-order valence-corrected chi connectivity index (χ3v) is 3.50. The Balaban J connectivity index is 0.000000150. The molecule has 2 heterocycles. The van der Waals surface area contributed by atoms with Crippen LogP contribution >= 0.6 is 0 Å². The molecule has 0 amide bonds. The molecule has 24 heavy (non-hydrogen) atoms. The van der Waals surface area contributed by atoms with E-state index < -0.39 is 0 Å². The molecule has 7 N–H and O–H groups in total. The van der Waals surface area contributed by atoms with E-state index in [4.69, 9.17) is 17.3 Å². The normalized spacial score (nSPS) is 11.2. The first-order valence-electron chi connectivity index (χ1n) is 7.26. The smallest absolute Gasteiger partial charge is 0.152 e. The number of pyridine rings is 1. The maximum atomic E-state index is 5.77. The van der Waals surface area contributed by atoms with Gasteiger partial charge in [-0.25, -0.2) is 9.97 Å². The lowest BCUT2D eigenvalue weighted by atomic mass is 10.2. The molecule has 0 fully saturated rings. The summed E-state index contributed by atoms with van der Waals surface area (Å²) in [4.78, 5) is 11.5. The van der Waals surface area contributed by atoms with Crippen LogP contribution in [0, 0.1) is 0 Å². The minimum Gasteiger partial charge on any atom is -0.382 e. The Hall–Kier alpha value is -3.61. The first kappa shape index (κ1) is 15.3. The molecule has 0 aliphatic heterocycles. The van der Waals surface area contributed by atoms with Gasteiger partial charge in [-0.3, -0.25) is 0 Å². The van der Waals surface area contributed by atoms with Crippen LogP contribution in [0.4, 0.5) is 5.82 Å². The number of rotatable bonds is 1. The standard InChI is InChI=1S/C10H8N4.C7H9N3/c11-10-9-8(12-5-13-9)6-3-1-2-4-7(6)14-10;8-7(10-9)6-4-2-1-3-5-6/h1-5H,(H2,11,14)(H,12,13);1-5H,9H2,(H2,8,10). The second-order valence-corrected chi connectivity index (χ2v) is 5.02. The Bertz CT molecular complexity index is 990. The zero-order chi connectivity index (χ0) is 16.9. The number of benzene rings is 2. The number of hydrogen-bond donors (Lipinski definition) is 4. The predicted octanol–water partition coefficient (Wildman–Crippen LogP) is 1.96. The topological polar surface area (TPSA) is 132 Å². The van der Waals surface area contributed by atoms with Gasteiger partial charge in [-0.15, -0.1) is 0 Å². The Kier molecular flexibility index (Phi) is 4.24. The number of aromatic amines is 1. The summed E-state index contributed by atoms with van der Waals surface area (Å²) in [7, 11) is 0. The van der Waals surface area contributed by atoms with Gasteiger partial charge in [0, 0.05) is 10.9 Å². The average molecular weight is 319 g/mol. The molecule has 0 saturated heterocycles. The SMILES string of the molecule is N/N=C(/N)c1ccccc1.Nc1nc2ccccc2c2[nH]cnc12. The Morgan fingerprint density at radius 1 is 1.00 bits per heavy atom. The second kappa shape index (κ2) is 6.66. The number of nitrogens with two attached hydrogens (primary N) is 3. The molecule has 7 heteroatoms. The van der Waals surface area contributed by atoms with Crippen LogP contribution in [-0.4, -0.2) is 20.8 Å². The molecule has 0 aliphatic rings. The van der Waals surface area contributed by atoms with Crippen molar-refractivity contribution in [2.75, 3.05) is 5.73 Å². The molecule has 120 valence electrons. The Morgan fingerprint density at radius 2 is 1.71 bits per heavy atom. The van der Waals surface area contributed by atoms with Crippen molar-refractivity contribution >= 4 is 33.6 Å². The maximum absolute atomic E-state index is 5.77. The van der Waals surface area contributed by atoms with Gasteiger partial charge >= 0.3 is 0 Å². The molecule has 0 unspecified atom stereocenters. The van der Waals surface area contributed by atoms with Gasteiger partial charge in [0.15, 0.2) is 5.82 Å². The number of aromatic nitrogens is 3. The lowest BCUT2D eigenvalue weighted by molar-refractivity contribution is 1.23. The number of nitrogens with one attached hydrogen (secondary N) is 1. The minimum atomic E-state index is 0.362. The van der Waals surface area contributed by atoms with E-state index in [2.05, 4.69) is 20.1 Å². The number of anilines is 1. The lowest BCUT2D eigenvalue weighted by Gasteiger charge is -1.99. The third kappa shape index (κ3) is 2.95. The van der Waals surface area contributed by atoms with Crippen molar-refractivity contribution in [3.8, 4) is 0 Å². The van der Waals surface area contributed by atoms with Crippen LogP contribution in [0.2, 0.25) is 0 Å². The first-order valence-corrected chi connectivity index (χ1v) is 7.26. The number of nitrogen functional groups attached to an aromatic ring is 1. The third-order valence-electron chi connectivity index (χ3n) is 3.50. The second-order valence-electron chi connectivity index (χ2n) is 5.02. The van der Waals surface area contributed by atoms with E-state index in [1.807, 2.05) is 54.6 Å². The number of hydrazone groups is 1. The summed E-state index contributed by atoms with van der Waals surface area (Å²) in [6.45, 7) is 0. The summed E-state index contributed by atoms with van der Waals surface area (Å²) in [5.41, 5.74) is 14.6. The molecule has 0 aliphatic carbocycles. The summed E-state index contributed by atoms with van der Waals surface area (Å²) in [5, 5.41) is 4.40. The number of imidazole rings is 1. The highest BCUT2D eigenvalue weighted by molar-refractivity contribution is 6.05. The number of amidine groups is 1. The summed E-state index contributed by atoms with van der Waals surface area (Å²) in [6, 6.07) is 17.2. The van der Waals surface area contributed by atoms with Crippen molar-refractivity contribution in [1.29, 1.82) is 0 Å². The average Bonchev–Trinajstić information content (AvgIpc) is 3.13. The number of fused-ring (bicyclic) bond motifs is 3.